The number of nitrogens with zero attached hydrogens (tertiary/aromatic N) is 2. The molecule has 114 valence electrons. The number of aromatic nitrogens is 2. The van der Waals surface area contributed by atoms with Crippen molar-refractivity contribution in [2.45, 2.75) is 33.4 Å². The zero-order valence-corrected chi connectivity index (χ0v) is 12.8. The lowest BCUT2D eigenvalue weighted by Crippen LogP contribution is -2.18. The predicted molar refractivity (Wildman–Crippen MR) is 81.0 cm³/mol. The van der Waals surface area contributed by atoms with Crippen LogP contribution in [0.25, 0.3) is 0 Å². The van der Waals surface area contributed by atoms with Gasteiger partial charge in [-0.2, -0.15) is 0 Å². The zero-order chi connectivity index (χ0) is 15.2. The third-order valence-electron chi connectivity index (χ3n) is 3.47. The van der Waals surface area contributed by atoms with Crippen LogP contribution in [0, 0.1) is 12.7 Å². The number of hydrogen-bond acceptors (Lipinski definition) is 3. The normalized spacial score (nSPS) is 12.4. The summed E-state index contributed by atoms with van der Waals surface area (Å²) in [5, 5.41) is 3.20. The number of hydrogen-bond donors (Lipinski definition) is 1. The molecular weight excluding hydrogens is 269 g/mol. The van der Waals surface area contributed by atoms with Gasteiger partial charge in [-0.05, 0) is 26.5 Å². The van der Waals surface area contributed by atoms with Crippen LogP contribution in [0.1, 0.15) is 31.3 Å². The van der Waals surface area contributed by atoms with Crippen molar-refractivity contribution in [2.75, 3.05) is 13.2 Å². The van der Waals surface area contributed by atoms with E-state index in [9.17, 15) is 4.39 Å². The van der Waals surface area contributed by atoms with Gasteiger partial charge in [0.15, 0.2) is 0 Å². The molecule has 1 unspecified atom stereocenters. The number of rotatable bonds is 7. The van der Waals surface area contributed by atoms with E-state index in [1.165, 1.54) is 6.07 Å². The van der Waals surface area contributed by atoms with E-state index in [0.29, 0.717) is 24.5 Å². The minimum atomic E-state index is -0.236. The van der Waals surface area contributed by atoms with Gasteiger partial charge in [0.25, 0.3) is 0 Å². The van der Waals surface area contributed by atoms with Gasteiger partial charge in [0.1, 0.15) is 24.0 Å². The Morgan fingerprint density at radius 2 is 2.24 bits per heavy atom. The lowest BCUT2D eigenvalue weighted by Gasteiger charge is -2.15. The molecule has 0 amide bonds. The first kappa shape index (κ1) is 15.5. The predicted octanol–water partition coefficient (Wildman–Crippen LogP) is 3.08. The second-order valence-electron chi connectivity index (χ2n) is 4.98. The first-order valence-corrected chi connectivity index (χ1v) is 7.25. The molecule has 0 radical (unpaired) electrons. The maximum atomic E-state index is 14.1. The second-order valence-corrected chi connectivity index (χ2v) is 4.98. The lowest BCUT2D eigenvalue weighted by atomic mass is 10.1. The van der Waals surface area contributed by atoms with Crippen molar-refractivity contribution in [3.63, 3.8) is 0 Å². The van der Waals surface area contributed by atoms with Crippen LogP contribution in [0.3, 0.4) is 0 Å². The van der Waals surface area contributed by atoms with Crippen LogP contribution in [0.5, 0.6) is 5.75 Å². The smallest absolute Gasteiger partial charge is 0.131 e. The van der Waals surface area contributed by atoms with Gasteiger partial charge in [-0.25, -0.2) is 9.37 Å². The summed E-state index contributed by atoms with van der Waals surface area (Å²) in [6.45, 7) is 7.88. The van der Waals surface area contributed by atoms with Crippen LogP contribution in [0.4, 0.5) is 4.39 Å². The zero-order valence-electron chi connectivity index (χ0n) is 12.8. The fourth-order valence-corrected chi connectivity index (χ4v) is 2.27. The summed E-state index contributed by atoms with van der Waals surface area (Å²) in [7, 11) is 0. The van der Waals surface area contributed by atoms with Crippen molar-refractivity contribution in [1.82, 2.24) is 14.9 Å². The van der Waals surface area contributed by atoms with E-state index in [-0.39, 0.29) is 11.9 Å². The lowest BCUT2D eigenvalue weighted by molar-refractivity contribution is 0.295. The van der Waals surface area contributed by atoms with E-state index >= 15 is 0 Å². The highest BCUT2D eigenvalue weighted by Crippen LogP contribution is 2.21. The van der Waals surface area contributed by atoms with Crippen LogP contribution in [0.2, 0.25) is 0 Å². The van der Waals surface area contributed by atoms with Crippen molar-refractivity contribution in [3.05, 3.63) is 47.8 Å². The molecule has 1 heterocycles. The quantitative estimate of drug-likeness (QED) is 0.852. The molecule has 1 N–H and O–H groups in total. The molecule has 1 atom stereocenters. The number of nitrogens with one attached hydrogen (secondary N) is 1. The summed E-state index contributed by atoms with van der Waals surface area (Å²) in [5.74, 6) is 1.26. The first-order valence-electron chi connectivity index (χ1n) is 7.25. The molecule has 0 aliphatic carbocycles. The SMILES string of the molecule is CCNC(C)c1ccc(OCCn2ccnc2C)cc1F. The van der Waals surface area contributed by atoms with Crippen molar-refractivity contribution in [3.8, 4) is 5.75 Å². The van der Waals surface area contributed by atoms with Gasteiger partial charge in [-0.3, -0.25) is 0 Å². The maximum absolute atomic E-state index is 14.1. The average molecular weight is 291 g/mol. The molecule has 2 rings (SSSR count). The molecule has 0 aliphatic heterocycles. The van der Waals surface area contributed by atoms with Gasteiger partial charge in [0.2, 0.25) is 0 Å². The highest BCUT2D eigenvalue weighted by Gasteiger charge is 2.10. The van der Waals surface area contributed by atoms with E-state index in [4.69, 9.17) is 4.74 Å². The Kier molecular flexibility index (Phi) is 5.33. The summed E-state index contributed by atoms with van der Waals surface area (Å²) in [6.07, 6.45) is 3.66. The van der Waals surface area contributed by atoms with Crippen LogP contribution in [-0.2, 0) is 6.54 Å². The molecule has 0 aliphatic rings. The molecule has 21 heavy (non-hydrogen) atoms. The standard InChI is InChI=1S/C16H22FN3O/c1-4-18-12(2)15-6-5-14(11-16(15)17)21-10-9-20-8-7-19-13(20)3/h5-8,11-12,18H,4,9-10H2,1-3H3. The molecule has 0 bridgehead atoms. The Bertz CT molecular complexity index is 583. The molecule has 0 saturated heterocycles. The van der Waals surface area contributed by atoms with Gasteiger partial charge in [0, 0.05) is 30.1 Å². The Hall–Kier alpha value is -1.88. The van der Waals surface area contributed by atoms with Crippen LogP contribution in [-0.4, -0.2) is 22.7 Å². The molecular formula is C16H22FN3O. The Morgan fingerprint density at radius 3 is 2.86 bits per heavy atom. The minimum absolute atomic E-state index is 0.00218. The summed E-state index contributed by atoms with van der Waals surface area (Å²) in [5.41, 5.74) is 0.662. The number of halogens is 1. The average Bonchev–Trinajstić information content (AvgIpc) is 2.85. The van der Waals surface area contributed by atoms with Crippen molar-refractivity contribution in [2.24, 2.45) is 0 Å². The fourth-order valence-electron chi connectivity index (χ4n) is 2.27. The van der Waals surface area contributed by atoms with Crippen molar-refractivity contribution < 1.29 is 9.13 Å². The van der Waals surface area contributed by atoms with E-state index in [0.717, 1.165) is 12.4 Å². The number of benzene rings is 1. The van der Waals surface area contributed by atoms with Crippen LogP contribution in [0.15, 0.2) is 30.6 Å². The van der Waals surface area contributed by atoms with E-state index in [1.54, 1.807) is 12.3 Å². The molecule has 0 spiro atoms. The molecule has 5 heteroatoms. The highest BCUT2D eigenvalue weighted by molar-refractivity contribution is 5.30. The number of ether oxygens (including phenoxy) is 1. The Labute approximate surface area is 125 Å². The van der Waals surface area contributed by atoms with Gasteiger partial charge in [0.05, 0.1) is 6.54 Å². The summed E-state index contributed by atoms with van der Waals surface area (Å²) >= 11 is 0. The second kappa shape index (κ2) is 7.22. The first-order chi connectivity index (χ1) is 10.1. The van der Waals surface area contributed by atoms with Gasteiger partial charge in [-0.15, -0.1) is 0 Å². The van der Waals surface area contributed by atoms with E-state index in [1.807, 2.05) is 37.6 Å². The third kappa shape index (κ3) is 4.04. The van der Waals surface area contributed by atoms with Crippen molar-refractivity contribution >= 4 is 0 Å². The third-order valence-corrected chi connectivity index (χ3v) is 3.47. The van der Waals surface area contributed by atoms with Gasteiger partial charge < -0.3 is 14.6 Å². The van der Waals surface area contributed by atoms with E-state index in [2.05, 4.69) is 10.3 Å². The monoisotopic (exact) mass is 291 g/mol. The highest BCUT2D eigenvalue weighted by atomic mass is 19.1. The molecule has 1 aromatic heterocycles. The molecule has 0 saturated carbocycles. The summed E-state index contributed by atoms with van der Waals surface area (Å²) in [4.78, 5) is 4.15. The minimum Gasteiger partial charge on any atom is -0.492 e. The largest absolute Gasteiger partial charge is 0.492 e. The van der Waals surface area contributed by atoms with Crippen molar-refractivity contribution in [1.29, 1.82) is 0 Å². The van der Waals surface area contributed by atoms with Gasteiger partial charge in [-0.1, -0.05) is 13.0 Å². The van der Waals surface area contributed by atoms with Crippen LogP contribution >= 0.6 is 0 Å². The van der Waals surface area contributed by atoms with Crippen LogP contribution < -0.4 is 10.1 Å². The summed E-state index contributed by atoms with van der Waals surface area (Å²) in [6, 6.07) is 5.04. The topological polar surface area (TPSA) is 39.1 Å². The Morgan fingerprint density at radius 1 is 1.43 bits per heavy atom. The number of aryl methyl sites for hydroxylation is 1. The molecule has 1 aromatic carbocycles. The summed E-state index contributed by atoms with van der Waals surface area (Å²) < 4.78 is 21.7. The van der Waals surface area contributed by atoms with E-state index < -0.39 is 0 Å². The fraction of sp³-hybridized carbons (Fsp3) is 0.438. The maximum Gasteiger partial charge on any atom is 0.131 e. The number of imidazole rings is 1. The van der Waals surface area contributed by atoms with Gasteiger partial charge >= 0.3 is 0 Å². The molecule has 2 aromatic rings. The Balaban J connectivity index is 1.92. The molecule has 4 nitrogen and oxygen atoms in total. The molecule has 0 fully saturated rings.